The van der Waals surface area contributed by atoms with Gasteiger partial charge in [0.05, 0.1) is 5.60 Å². The lowest BCUT2D eigenvalue weighted by Crippen LogP contribution is -2.53. The van der Waals surface area contributed by atoms with Gasteiger partial charge in [-0.1, -0.05) is 31.9 Å². The molecule has 35 heavy (non-hydrogen) atoms. The lowest BCUT2D eigenvalue weighted by Gasteiger charge is -2.59. The minimum Gasteiger partial charge on any atom is -0.390 e. The summed E-state index contributed by atoms with van der Waals surface area (Å²) in [7, 11) is 0. The molecule has 6 rings (SSSR count). The summed E-state index contributed by atoms with van der Waals surface area (Å²) in [6.45, 7) is 7.07. The van der Waals surface area contributed by atoms with Crippen LogP contribution in [0.5, 0.6) is 0 Å². The highest BCUT2D eigenvalue weighted by Gasteiger charge is 2.59. The Morgan fingerprint density at radius 2 is 1.89 bits per heavy atom. The van der Waals surface area contributed by atoms with E-state index >= 15 is 0 Å². The molecule has 1 heterocycles. The molecular weight excluding hydrogens is 458 g/mol. The van der Waals surface area contributed by atoms with Gasteiger partial charge in [0.15, 0.2) is 5.78 Å². The monoisotopic (exact) mass is 497 g/mol. The summed E-state index contributed by atoms with van der Waals surface area (Å²) in [6.07, 6.45) is 10.3. The van der Waals surface area contributed by atoms with Crippen molar-refractivity contribution in [2.24, 2.45) is 46.8 Å². The maximum atomic E-state index is 13.6. The molecule has 0 bridgehead atoms. The van der Waals surface area contributed by atoms with Gasteiger partial charge in [0, 0.05) is 10.9 Å². The molecule has 0 radical (unpaired) electrons. The number of rotatable bonds is 4. The van der Waals surface area contributed by atoms with Crippen molar-refractivity contribution in [2.45, 2.75) is 90.7 Å². The average Bonchev–Trinajstić information content (AvgIpc) is 3.36. The molecule has 4 aliphatic carbocycles. The fourth-order valence-electron chi connectivity index (χ4n) is 9.68. The number of aliphatic hydroxyl groups is 1. The first kappa shape index (κ1) is 23.9. The molecule has 190 valence electrons. The van der Waals surface area contributed by atoms with Gasteiger partial charge in [-0.25, -0.2) is 0 Å². The van der Waals surface area contributed by atoms with Gasteiger partial charge < -0.3 is 5.11 Å². The van der Waals surface area contributed by atoms with Crippen LogP contribution in [0.1, 0.15) is 78.6 Å². The summed E-state index contributed by atoms with van der Waals surface area (Å²) in [5, 5.41) is 20.6. The van der Waals surface area contributed by atoms with Crippen LogP contribution in [0, 0.1) is 46.8 Å². The van der Waals surface area contributed by atoms with Gasteiger partial charge in [-0.15, -0.1) is 0 Å². The molecule has 9 atom stereocenters. The first-order valence-corrected chi connectivity index (χ1v) is 14.3. The van der Waals surface area contributed by atoms with E-state index in [1.807, 2.05) is 18.2 Å². The Bertz CT molecular complexity index is 1120. The number of hydrogen-bond donors (Lipinski definition) is 1. The largest absolute Gasteiger partial charge is 0.390 e. The molecule has 6 heteroatoms. The quantitative estimate of drug-likeness (QED) is 0.537. The van der Waals surface area contributed by atoms with E-state index in [9.17, 15) is 9.90 Å². The van der Waals surface area contributed by atoms with Crippen LogP contribution in [-0.2, 0) is 11.3 Å². The number of aromatic nitrogens is 3. The van der Waals surface area contributed by atoms with Crippen molar-refractivity contribution in [2.75, 3.05) is 0 Å². The number of ketones is 1. The zero-order chi connectivity index (χ0) is 24.5. The molecular formula is C29H40ClN3O2. The van der Waals surface area contributed by atoms with Gasteiger partial charge in [0.25, 0.3) is 0 Å². The molecule has 1 aromatic carbocycles. The Hall–Kier alpha value is -1.46. The van der Waals surface area contributed by atoms with E-state index < -0.39 is 5.60 Å². The minimum atomic E-state index is -0.487. The SMILES string of the molecule is CCC1C[C@@](C)(O)C[C@H]2CC[C@@H]3[C@H](CC[C@]4(C)[C@@H](C(=O)Cn5nc6ccc(Cl)cc6n5)CC[C@@H]34)C12. The van der Waals surface area contributed by atoms with E-state index in [0.29, 0.717) is 28.6 Å². The number of carbonyl (C=O) groups excluding carboxylic acids is 1. The Morgan fingerprint density at radius 3 is 2.69 bits per heavy atom. The second-order valence-corrected chi connectivity index (χ2v) is 13.4. The maximum Gasteiger partial charge on any atom is 0.159 e. The molecule has 4 saturated carbocycles. The predicted octanol–water partition coefficient (Wildman–Crippen LogP) is 6.31. The van der Waals surface area contributed by atoms with Crippen LogP contribution in [0.15, 0.2) is 18.2 Å². The summed E-state index contributed by atoms with van der Waals surface area (Å²) in [6, 6.07) is 5.49. The summed E-state index contributed by atoms with van der Waals surface area (Å²) in [4.78, 5) is 15.2. The number of Topliss-reactive ketones (excluding diaryl/α,β-unsaturated/α-hetero) is 1. The zero-order valence-corrected chi connectivity index (χ0v) is 22.2. The molecule has 4 aliphatic rings. The average molecular weight is 498 g/mol. The molecule has 2 aromatic rings. The predicted molar refractivity (Wildman–Crippen MR) is 138 cm³/mol. The normalized spacial score (nSPS) is 42.9. The van der Waals surface area contributed by atoms with Crippen molar-refractivity contribution in [3.63, 3.8) is 0 Å². The van der Waals surface area contributed by atoms with Crippen molar-refractivity contribution >= 4 is 28.4 Å². The van der Waals surface area contributed by atoms with E-state index in [4.69, 9.17) is 11.6 Å². The highest BCUT2D eigenvalue weighted by molar-refractivity contribution is 6.31. The van der Waals surface area contributed by atoms with E-state index in [0.717, 1.165) is 54.5 Å². The van der Waals surface area contributed by atoms with Crippen molar-refractivity contribution in [1.82, 2.24) is 15.0 Å². The lowest BCUT2D eigenvalue weighted by atomic mass is 9.47. The van der Waals surface area contributed by atoms with E-state index in [1.165, 1.54) is 32.1 Å². The third kappa shape index (κ3) is 3.96. The van der Waals surface area contributed by atoms with Crippen LogP contribution in [0.3, 0.4) is 0 Å². The maximum absolute atomic E-state index is 13.6. The van der Waals surface area contributed by atoms with Crippen molar-refractivity contribution in [3.05, 3.63) is 23.2 Å². The summed E-state index contributed by atoms with van der Waals surface area (Å²) in [5.74, 6) is 4.69. The number of nitrogens with zero attached hydrogens (tertiary/aromatic N) is 3. The Balaban J connectivity index is 1.20. The van der Waals surface area contributed by atoms with Crippen LogP contribution < -0.4 is 0 Å². The zero-order valence-electron chi connectivity index (χ0n) is 21.4. The van der Waals surface area contributed by atoms with Gasteiger partial charge in [0.2, 0.25) is 0 Å². The van der Waals surface area contributed by atoms with Crippen molar-refractivity contribution < 1.29 is 9.90 Å². The fraction of sp³-hybridized carbons (Fsp3) is 0.759. The molecule has 1 aromatic heterocycles. The van der Waals surface area contributed by atoms with Gasteiger partial charge in [-0.2, -0.15) is 15.0 Å². The molecule has 5 nitrogen and oxygen atoms in total. The van der Waals surface area contributed by atoms with E-state index in [2.05, 4.69) is 31.0 Å². The molecule has 0 aliphatic heterocycles. The second-order valence-electron chi connectivity index (χ2n) is 12.9. The molecule has 0 saturated heterocycles. The van der Waals surface area contributed by atoms with Gasteiger partial charge in [-0.05, 0) is 117 Å². The number of hydrogen-bond acceptors (Lipinski definition) is 4. The first-order valence-electron chi connectivity index (χ1n) is 13.9. The van der Waals surface area contributed by atoms with Crippen molar-refractivity contribution in [3.8, 4) is 0 Å². The highest BCUT2D eigenvalue weighted by Crippen LogP contribution is 2.65. The first-order chi connectivity index (χ1) is 16.7. The van der Waals surface area contributed by atoms with E-state index in [1.54, 1.807) is 4.80 Å². The molecule has 1 N–H and O–H groups in total. The molecule has 0 spiro atoms. The number of halogens is 1. The number of benzene rings is 1. The molecule has 4 fully saturated rings. The molecule has 0 amide bonds. The Labute approximate surface area is 214 Å². The summed E-state index contributed by atoms with van der Waals surface area (Å²) >= 11 is 6.11. The Morgan fingerprint density at radius 1 is 1.09 bits per heavy atom. The van der Waals surface area contributed by atoms with Crippen LogP contribution in [0.4, 0.5) is 0 Å². The van der Waals surface area contributed by atoms with Crippen molar-refractivity contribution in [1.29, 1.82) is 0 Å². The van der Waals surface area contributed by atoms with Gasteiger partial charge in [-0.3, -0.25) is 4.79 Å². The smallest absolute Gasteiger partial charge is 0.159 e. The summed E-state index contributed by atoms with van der Waals surface area (Å²) in [5.41, 5.74) is 1.14. The lowest BCUT2D eigenvalue weighted by molar-refractivity contribution is -0.138. The third-order valence-electron chi connectivity index (χ3n) is 10.9. The Kier molecular flexibility index (Phi) is 5.84. The highest BCUT2D eigenvalue weighted by atomic mass is 35.5. The summed E-state index contributed by atoms with van der Waals surface area (Å²) < 4.78 is 0. The third-order valence-corrected chi connectivity index (χ3v) is 11.2. The number of carbonyl (C=O) groups is 1. The van der Waals surface area contributed by atoms with E-state index in [-0.39, 0.29) is 17.9 Å². The van der Waals surface area contributed by atoms with Crippen LogP contribution in [0.2, 0.25) is 5.02 Å². The topological polar surface area (TPSA) is 68.0 Å². The van der Waals surface area contributed by atoms with Gasteiger partial charge in [0.1, 0.15) is 17.6 Å². The standard InChI is InChI=1S/C29H40ClN3O2/c1-4-17-14-28(2,35)15-18-5-7-20-21(27(17)18)11-12-29(3)22(20)8-9-23(29)26(34)16-33-31-24-10-6-19(30)13-25(24)32-33/h6,10,13,17-18,20-23,27,35H,4-5,7-9,11-12,14-16H2,1-3H3/t17?,18-,20-,21+,22+,23-,27?,28-,29+/m1/s1. The second kappa shape index (κ2) is 8.55. The van der Waals surface area contributed by atoms with Crippen LogP contribution in [0.25, 0.3) is 11.0 Å². The van der Waals surface area contributed by atoms with Crippen LogP contribution in [-0.4, -0.2) is 31.5 Å². The minimum absolute atomic E-state index is 0.100. The fourth-order valence-corrected chi connectivity index (χ4v) is 9.84. The molecule has 2 unspecified atom stereocenters. The van der Waals surface area contributed by atoms with Gasteiger partial charge >= 0.3 is 0 Å². The van der Waals surface area contributed by atoms with Crippen LogP contribution >= 0.6 is 11.6 Å². The number of fused-ring (bicyclic) bond motifs is 6.